The standard InChI is InChI=1S/C52H36/c1-3-11-37(12-4-1)19-20-38-23-28-44-34-39(24-29-43(44)33-38)21-22-40-25-30-46-36-41(26-31-45(46)35-40)27-32-49-47-15-7-9-17-50(47)52(42-13-5-2-6-14-42)51-18-10-8-16-48(49)51/h1-36H. The average molecular weight is 661 g/mol. The lowest BCUT2D eigenvalue weighted by Gasteiger charge is -2.15. The summed E-state index contributed by atoms with van der Waals surface area (Å²) < 4.78 is 0. The van der Waals surface area contributed by atoms with Gasteiger partial charge in [-0.15, -0.1) is 0 Å². The molecule has 0 saturated heterocycles. The van der Waals surface area contributed by atoms with Crippen LogP contribution in [0.4, 0.5) is 0 Å². The summed E-state index contributed by atoms with van der Waals surface area (Å²) in [6.45, 7) is 0. The molecule has 0 saturated carbocycles. The molecule has 0 N–H and O–H groups in total. The molecule has 0 heterocycles. The van der Waals surface area contributed by atoms with Gasteiger partial charge in [0.15, 0.2) is 0 Å². The molecule has 0 aromatic heterocycles. The van der Waals surface area contributed by atoms with Gasteiger partial charge in [-0.25, -0.2) is 0 Å². The van der Waals surface area contributed by atoms with Crippen LogP contribution in [-0.2, 0) is 0 Å². The SMILES string of the molecule is C(=Cc1ccc2cc(C=Cc3ccc4cc(C=Cc5c6ccccc6c(-c6ccccc6)c6ccccc56)ccc4c3)ccc2c1)c1ccccc1. The first-order valence-corrected chi connectivity index (χ1v) is 17.9. The molecule has 0 aliphatic rings. The van der Waals surface area contributed by atoms with Crippen molar-refractivity contribution in [3.63, 3.8) is 0 Å². The molecule has 0 nitrogen and oxygen atoms in total. The van der Waals surface area contributed by atoms with Crippen molar-refractivity contribution in [2.75, 3.05) is 0 Å². The third-order valence-electron chi connectivity index (χ3n) is 9.99. The molecule has 9 aromatic rings. The summed E-state index contributed by atoms with van der Waals surface area (Å²) in [5, 5.41) is 10.0. The number of fused-ring (bicyclic) bond motifs is 4. The van der Waals surface area contributed by atoms with E-state index in [-0.39, 0.29) is 0 Å². The van der Waals surface area contributed by atoms with Gasteiger partial charge in [0.2, 0.25) is 0 Å². The van der Waals surface area contributed by atoms with E-state index in [1.807, 2.05) is 6.07 Å². The Labute approximate surface area is 305 Å². The molecule has 0 aliphatic carbocycles. The fourth-order valence-corrected chi connectivity index (χ4v) is 7.37. The Morgan fingerprint density at radius 1 is 0.250 bits per heavy atom. The van der Waals surface area contributed by atoms with Crippen LogP contribution in [0.2, 0.25) is 0 Å². The van der Waals surface area contributed by atoms with Gasteiger partial charge in [-0.3, -0.25) is 0 Å². The minimum absolute atomic E-state index is 1.19. The molecular weight excluding hydrogens is 625 g/mol. The summed E-state index contributed by atoms with van der Waals surface area (Å²) in [6.07, 6.45) is 13.3. The van der Waals surface area contributed by atoms with Crippen LogP contribution >= 0.6 is 0 Å². The molecule has 0 heteroatoms. The molecule has 0 fully saturated rings. The van der Waals surface area contributed by atoms with Crippen molar-refractivity contribution < 1.29 is 0 Å². The van der Waals surface area contributed by atoms with Crippen LogP contribution in [-0.4, -0.2) is 0 Å². The zero-order valence-electron chi connectivity index (χ0n) is 28.8. The van der Waals surface area contributed by atoms with E-state index in [1.165, 1.54) is 87.6 Å². The van der Waals surface area contributed by atoms with Crippen LogP contribution < -0.4 is 0 Å². The number of rotatable bonds is 7. The van der Waals surface area contributed by atoms with Crippen molar-refractivity contribution in [1.29, 1.82) is 0 Å². The highest BCUT2D eigenvalue weighted by atomic mass is 14.2. The van der Waals surface area contributed by atoms with E-state index >= 15 is 0 Å². The van der Waals surface area contributed by atoms with Crippen molar-refractivity contribution >= 4 is 79.5 Å². The first-order chi connectivity index (χ1) is 25.7. The highest BCUT2D eigenvalue weighted by Gasteiger charge is 2.13. The van der Waals surface area contributed by atoms with Gasteiger partial charge < -0.3 is 0 Å². The van der Waals surface area contributed by atoms with E-state index < -0.39 is 0 Å². The number of hydrogen-bond acceptors (Lipinski definition) is 0. The van der Waals surface area contributed by atoms with Gasteiger partial charge in [-0.05, 0) is 112 Å². The maximum atomic E-state index is 2.30. The second-order valence-corrected chi connectivity index (χ2v) is 13.4. The van der Waals surface area contributed by atoms with Crippen molar-refractivity contribution in [1.82, 2.24) is 0 Å². The second kappa shape index (κ2) is 13.9. The predicted octanol–water partition coefficient (Wildman–Crippen LogP) is 14.5. The van der Waals surface area contributed by atoms with Crippen molar-refractivity contribution in [3.8, 4) is 11.1 Å². The number of benzene rings is 9. The summed E-state index contributed by atoms with van der Waals surface area (Å²) in [5.74, 6) is 0. The Morgan fingerprint density at radius 2 is 0.596 bits per heavy atom. The quantitative estimate of drug-likeness (QED) is 0.118. The van der Waals surface area contributed by atoms with Crippen LogP contribution in [0.15, 0.2) is 182 Å². The Bertz CT molecular complexity index is 2760. The monoisotopic (exact) mass is 660 g/mol. The average Bonchev–Trinajstić information content (AvgIpc) is 3.21. The lowest BCUT2D eigenvalue weighted by atomic mass is 9.88. The summed E-state index contributed by atoms with van der Waals surface area (Å²) >= 11 is 0. The van der Waals surface area contributed by atoms with Gasteiger partial charge in [0.05, 0.1) is 0 Å². The van der Waals surface area contributed by atoms with Crippen LogP contribution in [0.1, 0.15) is 33.4 Å². The van der Waals surface area contributed by atoms with E-state index in [0.29, 0.717) is 0 Å². The normalized spacial score (nSPS) is 12.0. The largest absolute Gasteiger partial charge is 0.0622 e. The van der Waals surface area contributed by atoms with E-state index in [1.54, 1.807) is 0 Å². The van der Waals surface area contributed by atoms with Gasteiger partial charge in [0.1, 0.15) is 0 Å². The van der Waals surface area contributed by atoms with Gasteiger partial charge >= 0.3 is 0 Å². The van der Waals surface area contributed by atoms with Crippen LogP contribution in [0.25, 0.3) is 90.7 Å². The summed E-state index contributed by atoms with van der Waals surface area (Å²) in [6, 6.07) is 65.6. The zero-order valence-corrected chi connectivity index (χ0v) is 28.8. The molecule has 0 radical (unpaired) electrons. The lowest BCUT2D eigenvalue weighted by molar-refractivity contribution is 1.65. The lowest BCUT2D eigenvalue weighted by Crippen LogP contribution is -1.89. The van der Waals surface area contributed by atoms with Crippen molar-refractivity contribution in [3.05, 3.63) is 215 Å². The maximum absolute atomic E-state index is 2.30. The first kappa shape index (κ1) is 31.2. The second-order valence-electron chi connectivity index (χ2n) is 13.4. The first-order valence-electron chi connectivity index (χ1n) is 17.9. The highest BCUT2D eigenvalue weighted by molar-refractivity contribution is 6.18. The predicted molar refractivity (Wildman–Crippen MR) is 228 cm³/mol. The molecule has 9 aromatic carbocycles. The van der Waals surface area contributed by atoms with E-state index in [4.69, 9.17) is 0 Å². The maximum Gasteiger partial charge on any atom is -0.00264 e. The van der Waals surface area contributed by atoms with Gasteiger partial charge in [0.25, 0.3) is 0 Å². The Hall–Kier alpha value is -6.76. The van der Waals surface area contributed by atoms with E-state index in [0.717, 1.165) is 0 Å². The highest BCUT2D eigenvalue weighted by Crippen LogP contribution is 2.40. The summed E-state index contributed by atoms with van der Waals surface area (Å²) in [7, 11) is 0. The Morgan fingerprint density at radius 3 is 1.04 bits per heavy atom. The molecule has 0 amide bonds. The smallest absolute Gasteiger partial charge is 0.00264 e. The van der Waals surface area contributed by atoms with Gasteiger partial charge in [-0.1, -0.05) is 194 Å². The molecule has 0 aliphatic heterocycles. The minimum atomic E-state index is 1.19. The van der Waals surface area contributed by atoms with Crippen LogP contribution in [0.5, 0.6) is 0 Å². The molecule has 0 spiro atoms. The minimum Gasteiger partial charge on any atom is -0.0622 e. The Kier molecular flexibility index (Phi) is 8.33. The summed E-state index contributed by atoms with van der Waals surface area (Å²) in [5.41, 5.74) is 9.76. The molecular formula is C52H36. The Balaban J connectivity index is 0.969. The van der Waals surface area contributed by atoms with E-state index in [2.05, 4.69) is 212 Å². The summed E-state index contributed by atoms with van der Waals surface area (Å²) in [4.78, 5) is 0. The fourth-order valence-electron chi connectivity index (χ4n) is 7.37. The molecule has 244 valence electrons. The fraction of sp³-hybridized carbons (Fsp3) is 0. The van der Waals surface area contributed by atoms with Crippen LogP contribution in [0.3, 0.4) is 0 Å². The van der Waals surface area contributed by atoms with Crippen molar-refractivity contribution in [2.24, 2.45) is 0 Å². The van der Waals surface area contributed by atoms with Crippen LogP contribution in [0, 0.1) is 0 Å². The third kappa shape index (κ3) is 6.35. The van der Waals surface area contributed by atoms with E-state index in [9.17, 15) is 0 Å². The zero-order chi connectivity index (χ0) is 34.7. The number of hydrogen-bond donors (Lipinski definition) is 0. The van der Waals surface area contributed by atoms with Gasteiger partial charge in [0, 0.05) is 0 Å². The molecule has 9 rings (SSSR count). The molecule has 0 bridgehead atoms. The van der Waals surface area contributed by atoms with Gasteiger partial charge in [-0.2, -0.15) is 0 Å². The third-order valence-corrected chi connectivity index (χ3v) is 9.99. The van der Waals surface area contributed by atoms with Crippen molar-refractivity contribution in [2.45, 2.75) is 0 Å². The topological polar surface area (TPSA) is 0 Å². The molecule has 52 heavy (non-hydrogen) atoms. The molecule has 0 unspecified atom stereocenters. The molecule has 0 atom stereocenters.